The molecule has 1 saturated carbocycles. The molecular weight excluding hydrogens is 342 g/mol. The van der Waals surface area contributed by atoms with Crippen LogP contribution in [0.2, 0.25) is 0 Å². The molecule has 1 aliphatic carbocycles. The van der Waals surface area contributed by atoms with Crippen molar-refractivity contribution in [2.75, 3.05) is 13.1 Å². The first kappa shape index (κ1) is 16.4. The van der Waals surface area contributed by atoms with Gasteiger partial charge in [-0.1, -0.05) is 30.3 Å². The minimum absolute atomic E-state index is 0.0484. The lowest BCUT2D eigenvalue weighted by atomic mass is 9.92. The van der Waals surface area contributed by atoms with Crippen LogP contribution in [0.5, 0.6) is 0 Å². The van der Waals surface area contributed by atoms with Gasteiger partial charge in [-0.3, -0.25) is 9.59 Å². The molecule has 0 bridgehead atoms. The van der Waals surface area contributed by atoms with Crippen LogP contribution in [0.4, 0.5) is 0 Å². The van der Waals surface area contributed by atoms with Crippen molar-refractivity contribution in [1.82, 2.24) is 4.90 Å². The Hall–Kier alpha value is -2.82. The van der Waals surface area contributed by atoms with Gasteiger partial charge >= 0.3 is 5.97 Å². The molecule has 1 aliphatic heterocycles. The van der Waals surface area contributed by atoms with E-state index in [4.69, 9.17) is 4.42 Å². The maximum Gasteiger partial charge on any atom is 0.308 e. The number of amides is 1. The summed E-state index contributed by atoms with van der Waals surface area (Å²) in [6, 6.07) is 14.0. The highest BCUT2D eigenvalue weighted by molar-refractivity contribution is 6.06. The minimum atomic E-state index is -0.780. The van der Waals surface area contributed by atoms with Gasteiger partial charge in [-0.15, -0.1) is 0 Å². The molecule has 0 radical (unpaired) electrons. The van der Waals surface area contributed by atoms with Crippen LogP contribution in [0.25, 0.3) is 21.7 Å². The van der Waals surface area contributed by atoms with Gasteiger partial charge in [0.25, 0.3) is 0 Å². The molecule has 2 aliphatic rings. The van der Waals surface area contributed by atoms with Crippen LogP contribution in [-0.4, -0.2) is 35.0 Å². The number of hydrogen-bond donors (Lipinski definition) is 1. The SMILES string of the molecule is O=C(O)[C@H]1CN(C(=O)Cc2cc3c(ccc4ccccc43)o2)C[C@@H]1C1CC1. The predicted molar refractivity (Wildman–Crippen MR) is 101 cm³/mol. The van der Waals surface area contributed by atoms with Crippen molar-refractivity contribution in [3.8, 4) is 0 Å². The molecule has 5 nitrogen and oxygen atoms in total. The second kappa shape index (κ2) is 6.12. The number of carbonyl (C=O) groups excluding carboxylic acids is 1. The van der Waals surface area contributed by atoms with Crippen LogP contribution in [-0.2, 0) is 16.0 Å². The van der Waals surface area contributed by atoms with E-state index in [2.05, 4.69) is 12.1 Å². The Morgan fingerprint density at radius 3 is 2.67 bits per heavy atom. The fourth-order valence-electron chi connectivity index (χ4n) is 4.49. The topological polar surface area (TPSA) is 70.8 Å². The van der Waals surface area contributed by atoms with Crippen LogP contribution in [0.15, 0.2) is 46.9 Å². The van der Waals surface area contributed by atoms with Gasteiger partial charge in [-0.25, -0.2) is 0 Å². The minimum Gasteiger partial charge on any atom is -0.481 e. The van der Waals surface area contributed by atoms with Crippen LogP contribution < -0.4 is 0 Å². The quantitative estimate of drug-likeness (QED) is 0.767. The maximum absolute atomic E-state index is 12.8. The number of nitrogens with zero attached hydrogens (tertiary/aromatic N) is 1. The zero-order valence-corrected chi connectivity index (χ0v) is 14.9. The first-order valence-corrected chi connectivity index (χ1v) is 9.51. The molecule has 2 atom stereocenters. The number of aliphatic carboxylic acids is 1. The Kier molecular flexibility index (Phi) is 3.71. The smallest absolute Gasteiger partial charge is 0.308 e. The molecule has 2 heterocycles. The second-order valence-electron chi connectivity index (χ2n) is 7.83. The van der Waals surface area contributed by atoms with Gasteiger partial charge in [0.2, 0.25) is 5.91 Å². The standard InChI is InChI=1S/C22H21NO4/c24-21(23-11-18(14-5-6-14)19(12-23)22(25)26)10-15-9-17-16-4-2-1-3-13(16)7-8-20(17)27-15/h1-4,7-9,14,18-19H,5-6,10-12H2,(H,25,26)/t18-,19+/m1/s1. The van der Waals surface area contributed by atoms with Crippen LogP contribution >= 0.6 is 0 Å². The summed E-state index contributed by atoms with van der Waals surface area (Å²) in [6.45, 7) is 0.877. The van der Waals surface area contributed by atoms with E-state index in [1.54, 1.807) is 4.90 Å². The van der Waals surface area contributed by atoms with Crippen molar-refractivity contribution in [3.63, 3.8) is 0 Å². The summed E-state index contributed by atoms with van der Waals surface area (Å²) >= 11 is 0. The second-order valence-corrected chi connectivity index (χ2v) is 7.83. The van der Waals surface area contributed by atoms with Crippen LogP contribution in [0.1, 0.15) is 18.6 Å². The first-order chi connectivity index (χ1) is 13.1. The Morgan fingerprint density at radius 1 is 1.07 bits per heavy atom. The molecule has 27 heavy (non-hydrogen) atoms. The molecule has 3 aromatic rings. The molecule has 0 spiro atoms. The van der Waals surface area contributed by atoms with Gasteiger partial charge in [-0.05, 0) is 47.6 Å². The van der Waals surface area contributed by atoms with Crippen molar-refractivity contribution in [1.29, 1.82) is 0 Å². The monoisotopic (exact) mass is 363 g/mol. The molecule has 2 aromatic carbocycles. The zero-order valence-electron chi connectivity index (χ0n) is 14.9. The third kappa shape index (κ3) is 2.87. The predicted octanol–water partition coefficient (Wildman–Crippen LogP) is 3.70. The number of carbonyl (C=O) groups is 2. The number of fused-ring (bicyclic) bond motifs is 3. The van der Waals surface area contributed by atoms with E-state index in [0.717, 1.165) is 34.6 Å². The van der Waals surface area contributed by atoms with Gasteiger partial charge in [0.15, 0.2) is 0 Å². The molecule has 0 unspecified atom stereocenters. The number of likely N-dealkylation sites (tertiary alicyclic amines) is 1. The molecule has 5 rings (SSSR count). The molecule has 1 N–H and O–H groups in total. The van der Waals surface area contributed by atoms with Crippen molar-refractivity contribution < 1.29 is 19.1 Å². The third-order valence-electron chi connectivity index (χ3n) is 6.07. The average Bonchev–Trinajstić information content (AvgIpc) is 3.26. The fourth-order valence-corrected chi connectivity index (χ4v) is 4.49. The number of carboxylic acid groups (broad SMARTS) is 1. The first-order valence-electron chi connectivity index (χ1n) is 9.51. The van der Waals surface area contributed by atoms with Crippen molar-refractivity contribution in [2.24, 2.45) is 17.8 Å². The van der Waals surface area contributed by atoms with Crippen molar-refractivity contribution in [3.05, 3.63) is 48.2 Å². The van der Waals surface area contributed by atoms with Crippen LogP contribution in [0.3, 0.4) is 0 Å². The summed E-state index contributed by atoms with van der Waals surface area (Å²) in [5.41, 5.74) is 0.775. The summed E-state index contributed by atoms with van der Waals surface area (Å²) in [5, 5.41) is 12.7. The summed E-state index contributed by atoms with van der Waals surface area (Å²) in [6.07, 6.45) is 2.35. The summed E-state index contributed by atoms with van der Waals surface area (Å²) in [4.78, 5) is 26.1. The average molecular weight is 363 g/mol. The number of hydrogen-bond acceptors (Lipinski definition) is 3. The van der Waals surface area contributed by atoms with E-state index in [0.29, 0.717) is 24.8 Å². The molecule has 1 saturated heterocycles. The number of rotatable bonds is 4. The third-order valence-corrected chi connectivity index (χ3v) is 6.07. The van der Waals surface area contributed by atoms with E-state index in [1.807, 2.05) is 30.3 Å². The Bertz CT molecular complexity index is 1050. The molecule has 138 valence electrons. The number of benzene rings is 2. The lowest BCUT2D eigenvalue weighted by Crippen LogP contribution is -2.31. The maximum atomic E-state index is 12.8. The summed E-state index contributed by atoms with van der Waals surface area (Å²) in [7, 11) is 0. The van der Waals surface area contributed by atoms with Gasteiger partial charge in [0.05, 0.1) is 12.3 Å². The van der Waals surface area contributed by atoms with Crippen LogP contribution in [0, 0.1) is 17.8 Å². The van der Waals surface area contributed by atoms with Crippen molar-refractivity contribution in [2.45, 2.75) is 19.3 Å². The van der Waals surface area contributed by atoms with Gasteiger partial charge in [0, 0.05) is 18.5 Å². The van der Waals surface area contributed by atoms with Gasteiger partial charge in [0.1, 0.15) is 11.3 Å². The summed E-state index contributed by atoms with van der Waals surface area (Å²) < 4.78 is 5.90. The molecular formula is C22H21NO4. The van der Waals surface area contributed by atoms with E-state index in [9.17, 15) is 14.7 Å². The number of carboxylic acids is 1. The molecule has 1 aromatic heterocycles. The fraction of sp³-hybridized carbons (Fsp3) is 0.364. The number of furan rings is 1. The highest BCUT2D eigenvalue weighted by atomic mass is 16.4. The normalized spacial score (nSPS) is 22.6. The molecule has 1 amide bonds. The Morgan fingerprint density at radius 2 is 1.89 bits per heavy atom. The highest BCUT2D eigenvalue weighted by Crippen LogP contribution is 2.44. The Labute approximate surface area is 156 Å². The largest absolute Gasteiger partial charge is 0.481 e. The van der Waals surface area contributed by atoms with Gasteiger partial charge in [-0.2, -0.15) is 0 Å². The molecule has 2 fully saturated rings. The molecule has 5 heteroatoms. The van der Waals surface area contributed by atoms with E-state index in [-0.39, 0.29) is 18.2 Å². The van der Waals surface area contributed by atoms with E-state index < -0.39 is 11.9 Å². The zero-order chi connectivity index (χ0) is 18.5. The highest BCUT2D eigenvalue weighted by Gasteiger charge is 2.46. The van der Waals surface area contributed by atoms with Crippen molar-refractivity contribution >= 4 is 33.6 Å². The van der Waals surface area contributed by atoms with E-state index >= 15 is 0 Å². The lowest BCUT2D eigenvalue weighted by Gasteiger charge is -2.15. The van der Waals surface area contributed by atoms with Gasteiger partial charge < -0.3 is 14.4 Å². The Balaban J connectivity index is 1.38. The lowest BCUT2D eigenvalue weighted by molar-refractivity contribution is -0.142. The summed E-state index contributed by atoms with van der Waals surface area (Å²) in [5.74, 6) is -0.0492. The van der Waals surface area contributed by atoms with E-state index in [1.165, 1.54) is 0 Å².